The second-order valence-electron chi connectivity index (χ2n) is 5.70. The fourth-order valence-electron chi connectivity index (χ4n) is 3.00. The van der Waals surface area contributed by atoms with Gasteiger partial charge in [-0.3, -0.25) is 14.3 Å². The molecule has 1 fully saturated rings. The Bertz CT molecular complexity index is 670. The number of carbonyl (C=O) groups is 2. The molecule has 1 aliphatic heterocycles. The first-order valence-electron chi connectivity index (χ1n) is 7.51. The maximum absolute atomic E-state index is 11.4. The molecular weight excluding hydrogens is 278 g/mol. The summed E-state index contributed by atoms with van der Waals surface area (Å²) in [5.41, 5.74) is 3.26. The highest BCUT2D eigenvalue weighted by molar-refractivity contribution is 6.27. The second-order valence-corrected chi connectivity index (χ2v) is 5.70. The van der Waals surface area contributed by atoms with Gasteiger partial charge in [-0.25, -0.2) is 0 Å². The molecular formula is C17H19N3O2. The molecule has 5 nitrogen and oxygen atoms in total. The van der Waals surface area contributed by atoms with Gasteiger partial charge >= 0.3 is 0 Å². The van der Waals surface area contributed by atoms with Crippen molar-refractivity contribution in [3.8, 4) is 11.3 Å². The normalized spacial score (nSPS) is 21.5. The molecule has 1 aromatic heterocycles. The lowest BCUT2D eigenvalue weighted by Crippen LogP contribution is -2.43. The number of nitrogens with one attached hydrogen (secondary N) is 1. The number of carbonyl (C=O) groups excluding carboxylic acids is 2. The largest absolute Gasteiger partial charge is 0.306 e. The van der Waals surface area contributed by atoms with Crippen LogP contribution in [-0.4, -0.2) is 34.4 Å². The summed E-state index contributed by atoms with van der Waals surface area (Å²) in [6.45, 7) is 0.676. The minimum absolute atomic E-state index is 0.277. The van der Waals surface area contributed by atoms with Crippen molar-refractivity contribution in [1.82, 2.24) is 15.1 Å². The minimum Gasteiger partial charge on any atom is -0.306 e. The van der Waals surface area contributed by atoms with E-state index in [0.29, 0.717) is 19.3 Å². The Morgan fingerprint density at radius 2 is 2.09 bits per heavy atom. The number of nitrogens with zero attached hydrogens (tertiary/aromatic N) is 2. The van der Waals surface area contributed by atoms with Gasteiger partial charge in [0.2, 0.25) is 5.78 Å². The Hall–Kier alpha value is -2.27. The Kier molecular flexibility index (Phi) is 4.15. The summed E-state index contributed by atoms with van der Waals surface area (Å²) in [6, 6.07) is 11.9. The third-order valence-corrected chi connectivity index (χ3v) is 4.26. The van der Waals surface area contributed by atoms with Crippen molar-refractivity contribution >= 4 is 12.1 Å². The van der Waals surface area contributed by atoms with E-state index >= 15 is 0 Å². The van der Waals surface area contributed by atoms with Crippen molar-refractivity contribution in [2.75, 3.05) is 6.54 Å². The van der Waals surface area contributed by atoms with Gasteiger partial charge in [0.15, 0.2) is 6.29 Å². The average Bonchev–Trinajstić information content (AvgIpc) is 2.97. The van der Waals surface area contributed by atoms with E-state index in [9.17, 15) is 9.59 Å². The van der Waals surface area contributed by atoms with Gasteiger partial charge in [-0.05, 0) is 24.5 Å². The molecule has 0 spiro atoms. The van der Waals surface area contributed by atoms with E-state index in [1.807, 2.05) is 29.9 Å². The number of hydrogen-bond donors (Lipinski definition) is 1. The number of ketones is 1. The van der Waals surface area contributed by atoms with Crippen LogP contribution in [0.4, 0.5) is 0 Å². The summed E-state index contributed by atoms with van der Waals surface area (Å²) in [5, 5.41) is 7.78. The molecule has 0 aliphatic carbocycles. The van der Waals surface area contributed by atoms with Gasteiger partial charge in [0.25, 0.3) is 0 Å². The number of hydrogen-bond acceptors (Lipinski definition) is 4. The van der Waals surface area contributed by atoms with E-state index < -0.39 is 0 Å². The maximum Gasteiger partial charge on any atom is 0.212 e. The molecule has 5 heteroatoms. The number of piperidine rings is 1. The molecule has 0 amide bonds. The summed E-state index contributed by atoms with van der Waals surface area (Å²) in [6.07, 6.45) is 1.95. The van der Waals surface area contributed by atoms with Gasteiger partial charge in [0.1, 0.15) is 0 Å². The monoisotopic (exact) mass is 297 g/mol. The van der Waals surface area contributed by atoms with E-state index in [1.165, 1.54) is 0 Å². The molecule has 0 radical (unpaired) electrons. The zero-order chi connectivity index (χ0) is 15.5. The average molecular weight is 297 g/mol. The molecule has 22 heavy (non-hydrogen) atoms. The standard InChI is InChI=1S/C17H19N3O2/c1-20-16(12-5-3-2-4-6-12)9-15(19-20)13-7-8-14(18-10-13)17(22)11-21/h2-6,9,11,13-14,18H,7-8,10H2,1H3. The molecule has 0 saturated carbocycles. The highest BCUT2D eigenvalue weighted by atomic mass is 16.2. The fourth-order valence-corrected chi connectivity index (χ4v) is 3.00. The van der Waals surface area contributed by atoms with E-state index in [0.717, 1.165) is 23.4 Å². The van der Waals surface area contributed by atoms with Crippen LogP contribution in [0.5, 0.6) is 0 Å². The molecule has 2 aromatic rings. The lowest BCUT2D eigenvalue weighted by atomic mass is 9.90. The molecule has 2 atom stereocenters. The summed E-state index contributed by atoms with van der Waals surface area (Å²) < 4.78 is 1.90. The number of aryl methyl sites for hydroxylation is 1. The van der Waals surface area contributed by atoms with Gasteiger partial charge < -0.3 is 5.32 Å². The van der Waals surface area contributed by atoms with Gasteiger partial charge in [-0.2, -0.15) is 5.10 Å². The van der Waals surface area contributed by atoms with E-state index in [1.54, 1.807) is 0 Å². The second kappa shape index (κ2) is 6.23. The predicted octanol–water partition coefficient (Wildman–Crippen LogP) is 1.69. The Morgan fingerprint density at radius 1 is 1.32 bits per heavy atom. The van der Waals surface area contributed by atoms with Crippen LogP contribution >= 0.6 is 0 Å². The van der Waals surface area contributed by atoms with Crippen molar-refractivity contribution in [3.63, 3.8) is 0 Å². The summed E-state index contributed by atoms with van der Waals surface area (Å²) in [4.78, 5) is 22.0. The molecule has 2 heterocycles. The van der Waals surface area contributed by atoms with Gasteiger partial charge in [-0.1, -0.05) is 30.3 Å². The van der Waals surface area contributed by atoms with Crippen molar-refractivity contribution in [2.24, 2.45) is 7.05 Å². The van der Waals surface area contributed by atoms with Crippen LogP contribution < -0.4 is 5.32 Å². The fraction of sp³-hybridized carbons (Fsp3) is 0.353. The van der Waals surface area contributed by atoms with E-state index in [2.05, 4.69) is 28.6 Å². The van der Waals surface area contributed by atoms with Crippen LogP contribution in [0.15, 0.2) is 36.4 Å². The SMILES string of the molecule is Cn1nc(C2CCC(C(=O)C=O)NC2)cc1-c1ccccc1. The number of rotatable bonds is 4. The van der Waals surface area contributed by atoms with Crippen LogP contribution in [0.1, 0.15) is 24.5 Å². The summed E-state index contributed by atoms with van der Waals surface area (Å²) in [5.74, 6) is -0.0798. The lowest BCUT2D eigenvalue weighted by Gasteiger charge is -2.26. The number of Topliss-reactive ketones (excluding diaryl/α,β-unsaturated/α-hetero) is 1. The molecule has 2 unspecified atom stereocenters. The predicted molar refractivity (Wildman–Crippen MR) is 83.5 cm³/mol. The molecule has 1 aromatic carbocycles. The smallest absolute Gasteiger partial charge is 0.212 e. The first-order chi connectivity index (χ1) is 10.7. The highest BCUT2D eigenvalue weighted by Gasteiger charge is 2.27. The van der Waals surface area contributed by atoms with Crippen LogP contribution in [0.25, 0.3) is 11.3 Å². The van der Waals surface area contributed by atoms with Crippen LogP contribution in [0, 0.1) is 0 Å². The maximum atomic E-state index is 11.4. The zero-order valence-electron chi connectivity index (χ0n) is 12.5. The molecule has 0 bridgehead atoms. The summed E-state index contributed by atoms with van der Waals surface area (Å²) >= 11 is 0. The van der Waals surface area contributed by atoms with Crippen molar-refractivity contribution in [3.05, 3.63) is 42.1 Å². The van der Waals surface area contributed by atoms with E-state index in [-0.39, 0.29) is 17.7 Å². The third kappa shape index (κ3) is 2.85. The minimum atomic E-state index is -0.357. The topological polar surface area (TPSA) is 64.0 Å². The van der Waals surface area contributed by atoms with E-state index in [4.69, 9.17) is 0 Å². The molecule has 3 rings (SSSR count). The zero-order valence-corrected chi connectivity index (χ0v) is 12.5. The quantitative estimate of drug-likeness (QED) is 0.689. The van der Waals surface area contributed by atoms with Crippen molar-refractivity contribution in [1.29, 1.82) is 0 Å². The van der Waals surface area contributed by atoms with Crippen LogP contribution in [0.3, 0.4) is 0 Å². The lowest BCUT2D eigenvalue weighted by molar-refractivity contribution is -0.131. The third-order valence-electron chi connectivity index (χ3n) is 4.26. The van der Waals surface area contributed by atoms with Gasteiger partial charge in [0, 0.05) is 19.5 Å². The van der Waals surface area contributed by atoms with Crippen LogP contribution in [0.2, 0.25) is 0 Å². The Balaban J connectivity index is 1.75. The van der Waals surface area contributed by atoms with Gasteiger partial charge in [0.05, 0.1) is 17.4 Å². The van der Waals surface area contributed by atoms with Crippen molar-refractivity contribution < 1.29 is 9.59 Å². The van der Waals surface area contributed by atoms with Gasteiger partial charge in [-0.15, -0.1) is 0 Å². The molecule has 114 valence electrons. The summed E-state index contributed by atoms with van der Waals surface area (Å²) in [7, 11) is 1.95. The molecule has 1 aliphatic rings. The first kappa shape index (κ1) is 14.7. The van der Waals surface area contributed by atoms with Crippen molar-refractivity contribution in [2.45, 2.75) is 24.8 Å². The molecule has 1 saturated heterocycles. The van der Waals surface area contributed by atoms with Crippen LogP contribution in [-0.2, 0) is 16.6 Å². The number of aromatic nitrogens is 2. The Labute approximate surface area is 129 Å². The number of benzene rings is 1. The number of aldehydes is 1. The molecule has 1 N–H and O–H groups in total. The Morgan fingerprint density at radius 3 is 2.73 bits per heavy atom. The first-order valence-corrected chi connectivity index (χ1v) is 7.51. The highest BCUT2D eigenvalue weighted by Crippen LogP contribution is 2.28.